The topological polar surface area (TPSA) is 281 Å². The summed E-state index contributed by atoms with van der Waals surface area (Å²) in [6, 6.07) is -5.07. The molecule has 18 heteroatoms. The van der Waals surface area contributed by atoms with Gasteiger partial charge in [-0.3, -0.25) is 29.0 Å². The number of carboxylic acids is 2. The molecule has 0 aliphatic carbocycles. The zero-order valence-electron chi connectivity index (χ0n) is 20.8. The fourth-order valence-corrected chi connectivity index (χ4v) is 3.53. The molecule has 38 heavy (non-hydrogen) atoms. The van der Waals surface area contributed by atoms with E-state index in [1.807, 2.05) is 0 Å². The number of hydrogen-bond donors (Lipinski definition) is 10. The van der Waals surface area contributed by atoms with Crippen LogP contribution in [0.5, 0.6) is 0 Å². The average Bonchev–Trinajstić information content (AvgIpc) is 2.84. The lowest BCUT2D eigenvalue weighted by atomic mass is 10.1. The average molecular weight is 581 g/mol. The molecule has 0 saturated carbocycles. The first kappa shape index (κ1) is 34.8. The minimum absolute atomic E-state index is 0.0991. The Kier molecular flexibility index (Phi) is 17.3. The van der Waals surface area contributed by atoms with E-state index in [-0.39, 0.29) is 31.1 Å². The van der Waals surface area contributed by atoms with Gasteiger partial charge in [0.05, 0.1) is 19.0 Å². The summed E-state index contributed by atoms with van der Waals surface area (Å²) in [6.07, 6.45) is 1.67. The molecule has 216 valence electrons. The van der Waals surface area contributed by atoms with Crippen LogP contribution < -0.4 is 38.5 Å². The molecule has 0 aromatic carbocycles. The van der Waals surface area contributed by atoms with Crippen molar-refractivity contribution < 1.29 is 39.0 Å². The molecule has 4 unspecified atom stereocenters. The van der Waals surface area contributed by atoms with Gasteiger partial charge in [0.2, 0.25) is 23.6 Å². The number of carbonyl (C=O) groups is 6. The number of nitrogens with one attached hydrogen (secondary N) is 4. The number of hydrogen-bond acceptors (Lipinski definition) is 10. The monoisotopic (exact) mass is 580 g/mol. The Morgan fingerprint density at radius 1 is 0.921 bits per heavy atom. The normalized spacial score (nSPS) is 13.7. The summed E-state index contributed by atoms with van der Waals surface area (Å²) in [5.41, 5.74) is 16.1. The molecule has 16 nitrogen and oxygen atoms in total. The first-order valence-corrected chi connectivity index (χ1v) is 13.4. The van der Waals surface area contributed by atoms with Gasteiger partial charge in [0, 0.05) is 12.3 Å². The van der Waals surface area contributed by atoms with Gasteiger partial charge in [-0.1, -0.05) is 0 Å². The summed E-state index contributed by atoms with van der Waals surface area (Å²) in [5, 5.41) is 27.4. The minimum atomic E-state index is -1.59. The summed E-state index contributed by atoms with van der Waals surface area (Å²) in [4.78, 5) is 76.0. The fraction of sp³-hybridized carbons (Fsp3) is 0.650. The standard InChI is InChI=1S/C20H36N8O8S2/c1-38-6-4-11(17(33)28-13(9-37)19(35)36)27-18(34)12(7-15(30)31)26-14(29)8-25-16(32)10(21)3-2-5-24-20(22)23/h10-13,37H,2-9,21H2,1H3,(H,25,32)(H,26,29)(H,27,34)(H,28,33)(H,30,31)(H,35,36)(H4,22,23,24). The molecular formula is C20H36N8O8S2. The second kappa shape index (κ2) is 18.9. The van der Waals surface area contributed by atoms with Crippen molar-refractivity contribution in [3.8, 4) is 0 Å². The second-order valence-electron chi connectivity index (χ2n) is 7.92. The number of carboxylic acid groups (broad SMARTS) is 2. The van der Waals surface area contributed by atoms with E-state index in [0.717, 1.165) is 0 Å². The number of aliphatic imine (C=N–C) groups is 1. The van der Waals surface area contributed by atoms with Crippen LogP contribution in [-0.4, -0.2) is 107 Å². The molecular weight excluding hydrogens is 544 g/mol. The predicted octanol–water partition coefficient (Wildman–Crippen LogP) is -3.82. The van der Waals surface area contributed by atoms with Crippen LogP contribution in [-0.2, 0) is 28.8 Å². The summed E-state index contributed by atoms with van der Waals surface area (Å²) in [7, 11) is 0. The molecule has 0 aromatic heterocycles. The second-order valence-corrected chi connectivity index (χ2v) is 9.27. The number of guanidine groups is 1. The summed E-state index contributed by atoms with van der Waals surface area (Å²) in [5.74, 6) is -5.96. The summed E-state index contributed by atoms with van der Waals surface area (Å²) >= 11 is 5.23. The largest absolute Gasteiger partial charge is 0.481 e. The highest BCUT2D eigenvalue weighted by Gasteiger charge is 2.30. The van der Waals surface area contributed by atoms with Gasteiger partial charge in [0.1, 0.15) is 18.1 Å². The number of rotatable bonds is 19. The summed E-state index contributed by atoms with van der Waals surface area (Å²) in [6.45, 7) is -0.334. The Morgan fingerprint density at radius 3 is 2.05 bits per heavy atom. The van der Waals surface area contributed by atoms with Gasteiger partial charge < -0.3 is 48.7 Å². The van der Waals surface area contributed by atoms with E-state index < -0.39 is 72.7 Å². The third-order valence-electron chi connectivity index (χ3n) is 4.80. The lowest BCUT2D eigenvalue weighted by Gasteiger charge is -2.23. The molecule has 0 heterocycles. The maximum atomic E-state index is 12.8. The van der Waals surface area contributed by atoms with Gasteiger partial charge >= 0.3 is 11.9 Å². The summed E-state index contributed by atoms with van der Waals surface area (Å²) < 4.78 is 0. The number of thiol groups is 1. The molecule has 0 bridgehead atoms. The van der Waals surface area contributed by atoms with Gasteiger partial charge in [-0.2, -0.15) is 24.4 Å². The van der Waals surface area contributed by atoms with Gasteiger partial charge in [-0.25, -0.2) is 4.79 Å². The van der Waals surface area contributed by atoms with E-state index in [1.54, 1.807) is 6.26 Å². The molecule has 0 saturated heterocycles. The quantitative estimate of drug-likeness (QED) is 0.0304. The van der Waals surface area contributed by atoms with Gasteiger partial charge in [-0.05, 0) is 31.3 Å². The van der Waals surface area contributed by atoms with Crippen molar-refractivity contribution in [2.75, 3.05) is 30.9 Å². The zero-order chi connectivity index (χ0) is 29.3. The van der Waals surface area contributed by atoms with Crippen LogP contribution in [0.15, 0.2) is 4.99 Å². The Morgan fingerprint density at radius 2 is 1.53 bits per heavy atom. The smallest absolute Gasteiger partial charge is 0.327 e. The van der Waals surface area contributed by atoms with Crippen molar-refractivity contribution in [3.05, 3.63) is 0 Å². The van der Waals surface area contributed by atoms with Crippen molar-refractivity contribution in [2.45, 2.75) is 49.9 Å². The third kappa shape index (κ3) is 15.1. The van der Waals surface area contributed by atoms with E-state index in [1.165, 1.54) is 11.8 Å². The molecule has 4 amide bonds. The van der Waals surface area contributed by atoms with E-state index in [9.17, 15) is 33.9 Å². The van der Waals surface area contributed by atoms with E-state index in [2.05, 4.69) is 38.9 Å². The van der Waals surface area contributed by atoms with Crippen LogP contribution >= 0.6 is 24.4 Å². The molecule has 0 spiro atoms. The van der Waals surface area contributed by atoms with Gasteiger partial charge in [-0.15, -0.1) is 0 Å². The lowest BCUT2D eigenvalue weighted by molar-refractivity contribution is -0.142. The highest BCUT2D eigenvalue weighted by atomic mass is 32.2. The highest BCUT2D eigenvalue weighted by molar-refractivity contribution is 7.98. The Hall–Kier alpha value is -3.25. The van der Waals surface area contributed by atoms with Crippen LogP contribution in [0.4, 0.5) is 0 Å². The van der Waals surface area contributed by atoms with Crippen LogP contribution in [0.2, 0.25) is 0 Å². The van der Waals surface area contributed by atoms with E-state index in [4.69, 9.17) is 22.3 Å². The molecule has 0 rings (SSSR count). The molecule has 0 aliphatic rings. The van der Waals surface area contributed by atoms with Gasteiger partial charge in [0.15, 0.2) is 5.96 Å². The molecule has 0 fully saturated rings. The third-order valence-corrected chi connectivity index (χ3v) is 5.81. The Labute approximate surface area is 229 Å². The molecule has 0 aliphatic heterocycles. The van der Waals surface area contributed by atoms with Crippen molar-refractivity contribution in [1.82, 2.24) is 21.3 Å². The number of nitrogens with two attached hydrogens (primary N) is 3. The van der Waals surface area contributed by atoms with Crippen molar-refractivity contribution in [1.29, 1.82) is 0 Å². The minimum Gasteiger partial charge on any atom is -0.481 e. The molecule has 0 aromatic rings. The van der Waals surface area contributed by atoms with Crippen LogP contribution in [0, 0.1) is 0 Å². The zero-order valence-corrected chi connectivity index (χ0v) is 22.6. The van der Waals surface area contributed by atoms with E-state index in [0.29, 0.717) is 12.2 Å². The first-order valence-electron chi connectivity index (χ1n) is 11.4. The van der Waals surface area contributed by atoms with Crippen molar-refractivity contribution in [3.63, 3.8) is 0 Å². The number of nitrogens with zero attached hydrogens (tertiary/aromatic N) is 1. The molecule has 4 atom stereocenters. The highest BCUT2D eigenvalue weighted by Crippen LogP contribution is 2.04. The predicted molar refractivity (Wildman–Crippen MR) is 143 cm³/mol. The first-order chi connectivity index (χ1) is 17.8. The van der Waals surface area contributed by atoms with Crippen molar-refractivity contribution in [2.24, 2.45) is 22.2 Å². The maximum Gasteiger partial charge on any atom is 0.327 e. The maximum absolute atomic E-state index is 12.8. The van der Waals surface area contributed by atoms with E-state index >= 15 is 0 Å². The lowest BCUT2D eigenvalue weighted by Crippen LogP contribution is -2.57. The van der Waals surface area contributed by atoms with Crippen molar-refractivity contribution >= 4 is 65.9 Å². The van der Waals surface area contributed by atoms with Crippen LogP contribution in [0.25, 0.3) is 0 Å². The fourth-order valence-electron chi connectivity index (χ4n) is 2.81. The van der Waals surface area contributed by atoms with Crippen LogP contribution in [0.3, 0.4) is 0 Å². The Balaban J connectivity index is 5.14. The number of amides is 4. The number of carbonyl (C=O) groups excluding carboxylic acids is 4. The number of aliphatic carboxylic acids is 2. The Bertz CT molecular complexity index is 872. The number of thioether (sulfide) groups is 1. The molecule has 0 radical (unpaired) electrons. The SMILES string of the molecule is CSCCC(NC(=O)C(CC(=O)O)NC(=O)CNC(=O)C(N)CCCN=C(N)N)C(=O)NC(CS)C(=O)O. The van der Waals surface area contributed by atoms with Gasteiger partial charge in [0.25, 0.3) is 0 Å². The molecule has 12 N–H and O–H groups in total. The van der Waals surface area contributed by atoms with Crippen LogP contribution in [0.1, 0.15) is 25.7 Å².